The van der Waals surface area contributed by atoms with Crippen molar-refractivity contribution < 1.29 is 4.79 Å². The third-order valence-corrected chi connectivity index (χ3v) is 5.90. The number of hydrogen-bond donors (Lipinski definition) is 1. The molecule has 0 spiro atoms. The normalized spacial score (nSPS) is 24.2. The molecule has 3 heterocycles. The van der Waals surface area contributed by atoms with Gasteiger partial charge in [-0.15, -0.1) is 0 Å². The molecule has 0 aromatic heterocycles. The van der Waals surface area contributed by atoms with Crippen LogP contribution in [0.4, 0.5) is 16.2 Å². The molecule has 3 fully saturated rings. The Hall–Kier alpha value is -1.75. The van der Waals surface area contributed by atoms with Gasteiger partial charge in [-0.2, -0.15) is 0 Å². The van der Waals surface area contributed by atoms with Crippen LogP contribution < -0.4 is 10.2 Å². The molecule has 5 nitrogen and oxygen atoms in total. The van der Waals surface area contributed by atoms with Crippen LogP contribution in [0, 0.1) is 0 Å². The van der Waals surface area contributed by atoms with Crippen molar-refractivity contribution in [3.8, 4) is 0 Å². The van der Waals surface area contributed by atoms with Gasteiger partial charge in [-0.25, -0.2) is 4.79 Å². The van der Waals surface area contributed by atoms with E-state index in [1.807, 2.05) is 12.1 Å². The second-order valence-corrected chi connectivity index (χ2v) is 7.64. The molecular formula is C20H30N4O. The van der Waals surface area contributed by atoms with Crippen molar-refractivity contribution >= 4 is 17.4 Å². The molecule has 3 saturated heterocycles. The van der Waals surface area contributed by atoms with Crippen LogP contribution in [0.25, 0.3) is 0 Å². The summed E-state index contributed by atoms with van der Waals surface area (Å²) in [4.78, 5) is 19.9. The highest BCUT2D eigenvalue weighted by molar-refractivity contribution is 5.93. The van der Waals surface area contributed by atoms with Crippen LogP contribution >= 0.6 is 0 Å². The highest BCUT2D eigenvalue weighted by atomic mass is 16.2. The summed E-state index contributed by atoms with van der Waals surface area (Å²) >= 11 is 0. The van der Waals surface area contributed by atoms with E-state index in [0.717, 1.165) is 44.7 Å². The van der Waals surface area contributed by atoms with Gasteiger partial charge in [0.25, 0.3) is 0 Å². The van der Waals surface area contributed by atoms with Crippen LogP contribution in [0.3, 0.4) is 0 Å². The van der Waals surface area contributed by atoms with Gasteiger partial charge in [-0.1, -0.05) is 12.1 Å². The minimum Gasteiger partial charge on any atom is -0.370 e. The fraction of sp³-hybridized carbons (Fsp3) is 0.650. The molecule has 0 aliphatic carbocycles. The minimum absolute atomic E-state index is 0.0772. The molecule has 4 rings (SSSR count). The summed E-state index contributed by atoms with van der Waals surface area (Å²) in [7, 11) is 0. The Labute approximate surface area is 151 Å². The fourth-order valence-electron chi connectivity index (χ4n) is 4.56. The smallest absolute Gasteiger partial charge is 0.322 e. The quantitative estimate of drug-likeness (QED) is 0.912. The van der Waals surface area contributed by atoms with Crippen LogP contribution in [0.1, 0.15) is 38.5 Å². The van der Waals surface area contributed by atoms with Crippen molar-refractivity contribution in [2.24, 2.45) is 0 Å². The first-order valence-electron chi connectivity index (χ1n) is 9.95. The largest absolute Gasteiger partial charge is 0.370 e. The summed E-state index contributed by atoms with van der Waals surface area (Å²) in [6.07, 6.45) is 7.36. The molecule has 1 N–H and O–H groups in total. The van der Waals surface area contributed by atoms with E-state index >= 15 is 0 Å². The molecular weight excluding hydrogens is 312 g/mol. The first-order chi connectivity index (χ1) is 12.3. The van der Waals surface area contributed by atoms with Gasteiger partial charge in [-0.05, 0) is 63.7 Å². The van der Waals surface area contributed by atoms with E-state index in [-0.39, 0.29) is 6.03 Å². The zero-order valence-corrected chi connectivity index (χ0v) is 15.1. The molecule has 1 aromatic carbocycles. The van der Waals surface area contributed by atoms with Crippen molar-refractivity contribution in [2.45, 2.75) is 44.6 Å². The summed E-state index contributed by atoms with van der Waals surface area (Å²) in [6.45, 7) is 6.51. The van der Waals surface area contributed by atoms with E-state index in [9.17, 15) is 4.79 Å². The Morgan fingerprint density at radius 2 is 1.68 bits per heavy atom. The summed E-state index contributed by atoms with van der Waals surface area (Å²) in [5, 5.41) is 3.21. The number of nitrogens with zero attached hydrogens (tertiary/aromatic N) is 3. The molecule has 0 unspecified atom stereocenters. The van der Waals surface area contributed by atoms with E-state index in [4.69, 9.17) is 0 Å². The molecule has 3 aliphatic heterocycles. The second-order valence-electron chi connectivity index (χ2n) is 7.64. The van der Waals surface area contributed by atoms with Gasteiger partial charge >= 0.3 is 6.03 Å². The van der Waals surface area contributed by atoms with Crippen LogP contribution in [-0.2, 0) is 0 Å². The Bertz CT molecular complexity index is 593. The molecule has 0 radical (unpaired) electrons. The number of urea groups is 1. The Morgan fingerprint density at radius 1 is 0.960 bits per heavy atom. The maximum atomic E-state index is 12.9. The monoisotopic (exact) mass is 342 g/mol. The predicted octanol–water partition coefficient (Wildman–Crippen LogP) is 3.38. The standard InChI is InChI=1S/C20H30N4O/c25-20(24-15-7-8-17(24)16-22-11-3-4-12-22)21-18-9-1-2-10-19(18)23-13-5-6-14-23/h1-2,9-10,17H,3-8,11-16H2,(H,21,25)/t17-/m1/s1. The molecule has 3 aliphatic rings. The number of nitrogens with one attached hydrogen (secondary N) is 1. The molecule has 5 heteroatoms. The molecule has 2 amide bonds. The van der Waals surface area contributed by atoms with E-state index in [1.165, 1.54) is 44.5 Å². The van der Waals surface area contributed by atoms with Crippen molar-refractivity contribution in [1.29, 1.82) is 0 Å². The van der Waals surface area contributed by atoms with Crippen molar-refractivity contribution in [3.05, 3.63) is 24.3 Å². The first kappa shape index (κ1) is 16.7. The third-order valence-electron chi connectivity index (χ3n) is 5.90. The summed E-state index contributed by atoms with van der Waals surface area (Å²) < 4.78 is 0. The number of carbonyl (C=O) groups excluding carboxylic acids is 1. The molecule has 0 saturated carbocycles. The van der Waals surface area contributed by atoms with Gasteiger partial charge in [0.15, 0.2) is 0 Å². The Morgan fingerprint density at radius 3 is 2.48 bits per heavy atom. The minimum atomic E-state index is 0.0772. The second kappa shape index (κ2) is 7.65. The maximum absolute atomic E-state index is 12.9. The zero-order chi connectivity index (χ0) is 17.1. The summed E-state index contributed by atoms with van der Waals surface area (Å²) in [5.74, 6) is 0. The first-order valence-corrected chi connectivity index (χ1v) is 9.95. The molecule has 0 bridgehead atoms. The lowest BCUT2D eigenvalue weighted by Crippen LogP contribution is -2.44. The number of hydrogen-bond acceptors (Lipinski definition) is 3. The lowest BCUT2D eigenvalue weighted by molar-refractivity contribution is 0.186. The number of rotatable bonds is 4. The van der Waals surface area contributed by atoms with Crippen molar-refractivity contribution in [2.75, 3.05) is 49.5 Å². The molecule has 1 atom stereocenters. The zero-order valence-electron chi connectivity index (χ0n) is 15.1. The van der Waals surface area contributed by atoms with E-state index in [0.29, 0.717) is 6.04 Å². The Kier molecular flexibility index (Phi) is 5.11. The molecule has 136 valence electrons. The average molecular weight is 342 g/mol. The van der Waals surface area contributed by atoms with Crippen LogP contribution in [0.15, 0.2) is 24.3 Å². The number of amides is 2. The lowest BCUT2D eigenvalue weighted by Gasteiger charge is -2.29. The van der Waals surface area contributed by atoms with Crippen LogP contribution in [0.2, 0.25) is 0 Å². The van der Waals surface area contributed by atoms with Crippen molar-refractivity contribution in [1.82, 2.24) is 9.80 Å². The summed E-state index contributed by atoms with van der Waals surface area (Å²) in [5.41, 5.74) is 2.13. The van der Waals surface area contributed by atoms with Gasteiger partial charge in [0.05, 0.1) is 11.4 Å². The number of benzene rings is 1. The highest BCUT2D eigenvalue weighted by Gasteiger charge is 2.31. The number of carbonyl (C=O) groups is 1. The SMILES string of the molecule is O=C(Nc1ccccc1N1CCCC1)N1CCC[C@@H]1CN1CCCC1. The predicted molar refractivity (Wildman–Crippen MR) is 102 cm³/mol. The topological polar surface area (TPSA) is 38.8 Å². The van der Waals surface area contributed by atoms with E-state index < -0.39 is 0 Å². The number of anilines is 2. The number of likely N-dealkylation sites (tertiary alicyclic amines) is 2. The maximum Gasteiger partial charge on any atom is 0.322 e. The lowest BCUT2D eigenvalue weighted by atomic mass is 10.2. The van der Waals surface area contributed by atoms with Crippen LogP contribution in [0.5, 0.6) is 0 Å². The number of para-hydroxylation sites is 2. The Balaban J connectivity index is 1.42. The highest BCUT2D eigenvalue weighted by Crippen LogP contribution is 2.29. The van der Waals surface area contributed by atoms with Gasteiger partial charge in [0, 0.05) is 32.2 Å². The van der Waals surface area contributed by atoms with Crippen LogP contribution in [-0.4, -0.2) is 61.1 Å². The van der Waals surface area contributed by atoms with Crippen molar-refractivity contribution in [3.63, 3.8) is 0 Å². The van der Waals surface area contributed by atoms with E-state index in [1.54, 1.807) is 0 Å². The molecule has 25 heavy (non-hydrogen) atoms. The van der Waals surface area contributed by atoms with Gasteiger partial charge < -0.3 is 20.0 Å². The van der Waals surface area contributed by atoms with E-state index in [2.05, 4.69) is 32.1 Å². The van der Waals surface area contributed by atoms with Gasteiger partial charge in [0.2, 0.25) is 0 Å². The summed E-state index contributed by atoms with van der Waals surface area (Å²) in [6, 6.07) is 8.70. The van der Waals surface area contributed by atoms with Gasteiger partial charge in [-0.3, -0.25) is 0 Å². The fourth-order valence-corrected chi connectivity index (χ4v) is 4.56. The van der Waals surface area contributed by atoms with Gasteiger partial charge in [0.1, 0.15) is 0 Å². The third kappa shape index (κ3) is 3.76. The average Bonchev–Trinajstić information content (AvgIpc) is 3.38. The molecule has 1 aromatic rings.